The molecule has 2 unspecified atom stereocenters. The van der Waals surface area contributed by atoms with Crippen LogP contribution in [0.5, 0.6) is 0 Å². The first-order valence-electron chi connectivity index (χ1n) is 10.7. The van der Waals surface area contributed by atoms with Gasteiger partial charge in [-0.2, -0.15) is 5.26 Å². The summed E-state index contributed by atoms with van der Waals surface area (Å²) in [6, 6.07) is 17.7. The Hall–Kier alpha value is -2.67. The minimum atomic E-state index is -0.282. The second kappa shape index (κ2) is 8.70. The number of hydrogen-bond donors (Lipinski definition) is 1. The van der Waals surface area contributed by atoms with Gasteiger partial charge in [-0.1, -0.05) is 68.2 Å². The standard InChI is InChI=1S/C27H26Cl2N2O/c1-27(2,3)19-12-18(10-16-6-4-8-20(28)11-16)25-22(14-19)24(23(15-30)26(31)32-25)17-7-5-9-21(29)13-17/h4-11,13,19,24H,12,14,31H2,1-3H3/b18-10+. The predicted octanol–water partition coefficient (Wildman–Crippen LogP) is 7.59. The number of nitrogens with zero attached hydrogens (tertiary/aromatic N) is 1. The summed E-state index contributed by atoms with van der Waals surface area (Å²) in [5.74, 6) is 1.01. The maximum atomic E-state index is 9.96. The third-order valence-corrected chi connectivity index (χ3v) is 6.82. The molecule has 0 bridgehead atoms. The number of nitriles is 1. The van der Waals surface area contributed by atoms with Crippen molar-refractivity contribution in [3.63, 3.8) is 0 Å². The van der Waals surface area contributed by atoms with Crippen molar-refractivity contribution in [3.8, 4) is 6.07 Å². The van der Waals surface area contributed by atoms with Crippen LogP contribution >= 0.6 is 23.2 Å². The van der Waals surface area contributed by atoms with E-state index >= 15 is 0 Å². The van der Waals surface area contributed by atoms with Crippen LogP contribution in [0.2, 0.25) is 10.0 Å². The van der Waals surface area contributed by atoms with E-state index in [0.29, 0.717) is 21.5 Å². The molecule has 5 heteroatoms. The number of nitrogens with two attached hydrogens (primary N) is 1. The van der Waals surface area contributed by atoms with E-state index in [0.717, 1.165) is 40.9 Å². The summed E-state index contributed by atoms with van der Waals surface area (Å²) in [6.45, 7) is 6.77. The molecule has 2 aromatic rings. The molecule has 2 aliphatic rings. The first kappa shape index (κ1) is 22.5. The highest BCUT2D eigenvalue weighted by Crippen LogP contribution is 2.52. The Labute approximate surface area is 199 Å². The Morgan fingerprint density at radius 2 is 1.75 bits per heavy atom. The van der Waals surface area contributed by atoms with Gasteiger partial charge in [0.25, 0.3) is 0 Å². The number of halogens is 2. The van der Waals surface area contributed by atoms with Crippen LogP contribution in [0.3, 0.4) is 0 Å². The molecule has 4 rings (SSSR count). The number of hydrogen-bond acceptors (Lipinski definition) is 3. The average Bonchev–Trinajstić information content (AvgIpc) is 2.72. The Kier molecular flexibility index (Phi) is 6.12. The minimum absolute atomic E-state index is 0.0738. The van der Waals surface area contributed by atoms with Crippen LogP contribution in [0.25, 0.3) is 6.08 Å². The molecule has 2 aromatic carbocycles. The summed E-state index contributed by atoms with van der Waals surface area (Å²) >= 11 is 12.5. The Balaban J connectivity index is 1.92. The van der Waals surface area contributed by atoms with Crippen molar-refractivity contribution in [1.29, 1.82) is 5.26 Å². The predicted molar refractivity (Wildman–Crippen MR) is 131 cm³/mol. The summed E-state index contributed by atoms with van der Waals surface area (Å²) in [6.07, 6.45) is 3.80. The summed E-state index contributed by atoms with van der Waals surface area (Å²) in [4.78, 5) is 0. The number of rotatable bonds is 2. The molecule has 1 heterocycles. The molecular formula is C27H26Cl2N2O. The van der Waals surface area contributed by atoms with Crippen LogP contribution < -0.4 is 5.73 Å². The van der Waals surface area contributed by atoms with Gasteiger partial charge >= 0.3 is 0 Å². The SMILES string of the molecule is CC(C)(C)C1CC2=C(OC(N)=C(C#N)C2c2cccc(Cl)c2)/C(=C/c2cccc(Cl)c2)C1. The minimum Gasteiger partial charge on any atom is -0.440 e. The first-order chi connectivity index (χ1) is 15.2. The topological polar surface area (TPSA) is 59.0 Å². The highest BCUT2D eigenvalue weighted by atomic mass is 35.5. The van der Waals surface area contributed by atoms with Crippen LogP contribution in [0.4, 0.5) is 0 Å². The van der Waals surface area contributed by atoms with Crippen molar-refractivity contribution >= 4 is 29.3 Å². The fourth-order valence-corrected chi connectivity index (χ4v) is 4.96. The summed E-state index contributed by atoms with van der Waals surface area (Å²) < 4.78 is 6.13. The van der Waals surface area contributed by atoms with Crippen LogP contribution in [-0.2, 0) is 4.74 Å². The van der Waals surface area contributed by atoms with Gasteiger partial charge in [0.05, 0.1) is 0 Å². The van der Waals surface area contributed by atoms with E-state index in [2.05, 4.69) is 32.9 Å². The normalized spacial score (nSPS) is 22.4. The Bertz CT molecular complexity index is 1190. The highest BCUT2D eigenvalue weighted by molar-refractivity contribution is 6.31. The van der Waals surface area contributed by atoms with Crippen molar-refractivity contribution in [2.75, 3.05) is 0 Å². The largest absolute Gasteiger partial charge is 0.440 e. The van der Waals surface area contributed by atoms with Crippen molar-refractivity contribution < 1.29 is 4.74 Å². The fraction of sp³-hybridized carbons (Fsp3) is 0.296. The number of benzene rings is 2. The van der Waals surface area contributed by atoms with Gasteiger partial charge in [-0.15, -0.1) is 0 Å². The summed E-state index contributed by atoms with van der Waals surface area (Å²) in [5, 5.41) is 11.3. The average molecular weight is 465 g/mol. The molecule has 2 N–H and O–H groups in total. The zero-order chi connectivity index (χ0) is 23.0. The second-order valence-electron chi connectivity index (χ2n) is 9.53. The van der Waals surface area contributed by atoms with Crippen molar-refractivity contribution in [2.24, 2.45) is 17.1 Å². The van der Waals surface area contributed by atoms with E-state index in [1.165, 1.54) is 0 Å². The van der Waals surface area contributed by atoms with Gasteiger partial charge in [0.15, 0.2) is 0 Å². The van der Waals surface area contributed by atoms with E-state index in [4.69, 9.17) is 33.7 Å². The molecule has 1 aliphatic carbocycles. The van der Waals surface area contributed by atoms with E-state index in [1.54, 1.807) is 0 Å². The molecule has 0 aromatic heterocycles. The van der Waals surface area contributed by atoms with E-state index in [9.17, 15) is 5.26 Å². The first-order valence-corrected chi connectivity index (χ1v) is 11.5. The lowest BCUT2D eigenvalue weighted by Gasteiger charge is -2.41. The van der Waals surface area contributed by atoms with Crippen LogP contribution in [0.15, 0.2) is 76.9 Å². The van der Waals surface area contributed by atoms with E-state index in [-0.39, 0.29) is 17.2 Å². The molecule has 2 atom stereocenters. The van der Waals surface area contributed by atoms with Gasteiger partial charge in [-0.05, 0) is 76.8 Å². The van der Waals surface area contributed by atoms with Crippen molar-refractivity contribution in [2.45, 2.75) is 39.5 Å². The molecule has 0 amide bonds. The van der Waals surface area contributed by atoms with Crippen LogP contribution in [0, 0.1) is 22.7 Å². The molecule has 32 heavy (non-hydrogen) atoms. The third-order valence-electron chi connectivity index (χ3n) is 6.35. The zero-order valence-electron chi connectivity index (χ0n) is 18.5. The van der Waals surface area contributed by atoms with Gasteiger partial charge in [-0.25, -0.2) is 0 Å². The van der Waals surface area contributed by atoms with Crippen LogP contribution in [0.1, 0.15) is 50.7 Å². The molecular weight excluding hydrogens is 439 g/mol. The van der Waals surface area contributed by atoms with Gasteiger partial charge in [0.1, 0.15) is 17.4 Å². The number of ether oxygens (including phenoxy) is 1. The summed E-state index contributed by atoms with van der Waals surface area (Å²) in [5.41, 5.74) is 10.9. The van der Waals surface area contributed by atoms with E-state index in [1.807, 2.05) is 48.5 Å². The third kappa shape index (κ3) is 4.44. The maximum absolute atomic E-state index is 9.96. The zero-order valence-corrected chi connectivity index (χ0v) is 20.0. The maximum Gasteiger partial charge on any atom is 0.205 e. The van der Waals surface area contributed by atoms with Crippen molar-refractivity contribution in [1.82, 2.24) is 0 Å². The molecule has 3 nitrogen and oxygen atoms in total. The van der Waals surface area contributed by atoms with Gasteiger partial charge in [0, 0.05) is 16.0 Å². The molecule has 0 saturated heterocycles. The van der Waals surface area contributed by atoms with Gasteiger partial charge < -0.3 is 10.5 Å². The lowest BCUT2D eigenvalue weighted by Crippen LogP contribution is -2.31. The smallest absolute Gasteiger partial charge is 0.205 e. The van der Waals surface area contributed by atoms with Gasteiger partial charge in [0.2, 0.25) is 5.88 Å². The molecule has 164 valence electrons. The molecule has 0 spiro atoms. The van der Waals surface area contributed by atoms with E-state index < -0.39 is 0 Å². The monoisotopic (exact) mass is 464 g/mol. The lowest BCUT2D eigenvalue weighted by molar-refractivity contribution is 0.200. The van der Waals surface area contributed by atoms with Crippen LogP contribution in [-0.4, -0.2) is 0 Å². The molecule has 0 radical (unpaired) electrons. The second-order valence-corrected chi connectivity index (χ2v) is 10.4. The lowest BCUT2D eigenvalue weighted by atomic mass is 9.66. The van der Waals surface area contributed by atoms with Gasteiger partial charge in [-0.3, -0.25) is 0 Å². The van der Waals surface area contributed by atoms with Crippen molar-refractivity contribution in [3.05, 3.63) is 98.1 Å². The quantitative estimate of drug-likeness (QED) is 0.497. The highest BCUT2D eigenvalue weighted by Gasteiger charge is 2.41. The Morgan fingerprint density at radius 1 is 1.06 bits per heavy atom. The molecule has 0 fully saturated rings. The number of allylic oxidation sites excluding steroid dienone is 3. The Morgan fingerprint density at radius 3 is 2.38 bits per heavy atom. The fourth-order valence-electron chi connectivity index (χ4n) is 4.56. The summed E-state index contributed by atoms with van der Waals surface area (Å²) in [7, 11) is 0. The molecule has 1 aliphatic heterocycles. The molecule has 0 saturated carbocycles.